The molecular formula is C18H22N2O. The molecule has 2 aromatic rings. The lowest BCUT2D eigenvalue weighted by Gasteiger charge is -2.21. The fraction of sp³-hybridized carbons (Fsp3) is 0.333. The van der Waals surface area contributed by atoms with Crippen molar-refractivity contribution >= 4 is 5.69 Å². The van der Waals surface area contributed by atoms with E-state index in [0.29, 0.717) is 6.61 Å². The number of fused-ring (bicyclic) bond motifs is 1. The summed E-state index contributed by atoms with van der Waals surface area (Å²) in [4.78, 5) is 2.36. The SMILES string of the molecule is CC(N)CN1CCc2cc(OCc3ccccc3)ccc21. The van der Waals surface area contributed by atoms with Gasteiger partial charge in [0.15, 0.2) is 0 Å². The van der Waals surface area contributed by atoms with Gasteiger partial charge in [0.2, 0.25) is 0 Å². The molecule has 0 aromatic heterocycles. The summed E-state index contributed by atoms with van der Waals surface area (Å²) in [5, 5.41) is 0. The van der Waals surface area contributed by atoms with E-state index in [9.17, 15) is 0 Å². The smallest absolute Gasteiger partial charge is 0.120 e. The summed E-state index contributed by atoms with van der Waals surface area (Å²) in [6.07, 6.45) is 1.07. The van der Waals surface area contributed by atoms with E-state index in [0.717, 1.165) is 25.3 Å². The van der Waals surface area contributed by atoms with Crippen LogP contribution < -0.4 is 15.4 Å². The molecule has 1 unspecified atom stereocenters. The third-order valence-electron chi connectivity index (χ3n) is 3.80. The molecule has 1 aliphatic heterocycles. The standard InChI is InChI=1S/C18H22N2O/c1-14(19)12-20-10-9-16-11-17(7-8-18(16)20)21-13-15-5-3-2-4-6-15/h2-8,11,14H,9-10,12-13,19H2,1H3. The molecule has 0 saturated heterocycles. The largest absolute Gasteiger partial charge is 0.489 e. The maximum Gasteiger partial charge on any atom is 0.120 e. The molecule has 0 fully saturated rings. The third-order valence-corrected chi connectivity index (χ3v) is 3.80. The fourth-order valence-electron chi connectivity index (χ4n) is 2.81. The molecule has 3 nitrogen and oxygen atoms in total. The summed E-state index contributed by atoms with van der Waals surface area (Å²) >= 11 is 0. The van der Waals surface area contributed by atoms with Crippen LogP contribution in [-0.4, -0.2) is 19.1 Å². The average molecular weight is 282 g/mol. The lowest BCUT2D eigenvalue weighted by Crippen LogP contribution is -2.34. The Bertz CT molecular complexity index is 595. The summed E-state index contributed by atoms with van der Waals surface area (Å²) in [6, 6.07) is 16.8. The topological polar surface area (TPSA) is 38.5 Å². The number of nitrogens with zero attached hydrogens (tertiary/aromatic N) is 1. The van der Waals surface area contributed by atoms with Gasteiger partial charge >= 0.3 is 0 Å². The van der Waals surface area contributed by atoms with Crippen molar-refractivity contribution in [1.82, 2.24) is 0 Å². The Morgan fingerprint density at radius 1 is 1.19 bits per heavy atom. The molecule has 1 heterocycles. The number of hydrogen-bond donors (Lipinski definition) is 1. The first-order valence-electron chi connectivity index (χ1n) is 7.52. The second kappa shape index (κ2) is 6.19. The molecule has 110 valence electrons. The van der Waals surface area contributed by atoms with Gasteiger partial charge in [-0.1, -0.05) is 30.3 Å². The van der Waals surface area contributed by atoms with Crippen LogP contribution in [0.4, 0.5) is 5.69 Å². The van der Waals surface area contributed by atoms with E-state index in [4.69, 9.17) is 10.5 Å². The van der Waals surface area contributed by atoms with Crippen molar-refractivity contribution in [3.63, 3.8) is 0 Å². The van der Waals surface area contributed by atoms with Crippen LogP contribution in [0.25, 0.3) is 0 Å². The van der Waals surface area contributed by atoms with E-state index in [1.165, 1.54) is 16.8 Å². The van der Waals surface area contributed by atoms with Crippen LogP contribution in [0.2, 0.25) is 0 Å². The molecule has 0 saturated carbocycles. The number of ether oxygens (including phenoxy) is 1. The zero-order valence-corrected chi connectivity index (χ0v) is 12.5. The Labute approximate surface area is 126 Å². The summed E-state index contributed by atoms with van der Waals surface area (Å²) in [5.41, 5.74) is 9.76. The predicted octanol–water partition coefficient (Wildman–Crippen LogP) is 2.98. The van der Waals surface area contributed by atoms with Crippen LogP contribution in [0.15, 0.2) is 48.5 Å². The highest BCUT2D eigenvalue weighted by atomic mass is 16.5. The molecule has 2 N–H and O–H groups in total. The first-order chi connectivity index (χ1) is 10.2. The van der Waals surface area contributed by atoms with Crippen molar-refractivity contribution in [2.45, 2.75) is 26.0 Å². The Balaban J connectivity index is 1.67. The minimum atomic E-state index is 0.199. The number of rotatable bonds is 5. The van der Waals surface area contributed by atoms with Gasteiger partial charge in [0.1, 0.15) is 12.4 Å². The third kappa shape index (κ3) is 3.37. The molecule has 2 aromatic carbocycles. The zero-order valence-electron chi connectivity index (χ0n) is 12.5. The van der Waals surface area contributed by atoms with E-state index in [-0.39, 0.29) is 6.04 Å². The summed E-state index contributed by atoms with van der Waals surface area (Å²) < 4.78 is 5.89. The second-order valence-electron chi connectivity index (χ2n) is 5.74. The van der Waals surface area contributed by atoms with E-state index in [1.54, 1.807) is 0 Å². The number of hydrogen-bond acceptors (Lipinski definition) is 3. The summed E-state index contributed by atoms with van der Waals surface area (Å²) in [7, 11) is 0. The van der Waals surface area contributed by atoms with E-state index < -0.39 is 0 Å². The molecular weight excluding hydrogens is 260 g/mol. The Hall–Kier alpha value is -2.00. The molecule has 3 rings (SSSR count). The van der Waals surface area contributed by atoms with Crippen LogP contribution in [0.5, 0.6) is 5.75 Å². The summed E-state index contributed by atoms with van der Waals surface area (Å²) in [6.45, 7) is 4.63. The Morgan fingerprint density at radius 3 is 2.76 bits per heavy atom. The van der Waals surface area contributed by atoms with Crippen LogP contribution in [0.1, 0.15) is 18.1 Å². The van der Waals surface area contributed by atoms with E-state index in [2.05, 4.69) is 42.2 Å². The fourth-order valence-corrected chi connectivity index (χ4v) is 2.81. The number of benzene rings is 2. The van der Waals surface area contributed by atoms with Crippen molar-refractivity contribution in [2.24, 2.45) is 5.73 Å². The first kappa shape index (κ1) is 14.0. The van der Waals surface area contributed by atoms with Crippen molar-refractivity contribution in [3.8, 4) is 5.75 Å². The monoisotopic (exact) mass is 282 g/mol. The Morgan fingerprint density at radius 2 is 2.00 bits per heavy atom. The van der Waals surface area contributed by atoms with E-state index >= 15 is 0 Å². The highest BCUT2D eigenvalue weighted by molar-refractivity contribution is 5.60. The van der Waals surface area contributed by atoms with Gasteiger partial charge in [-0.2, -0.15) is 0 Å². The van der Waals surface area contributed by atoms with Gasteiger partial charge in [-0.25, -0.2) is 0 Å². The molecule has 0 spiro atoms. The molecule has 0 radical (unpaired) electrons. The van der Waals surface area contributed by atoms with Gasteiger partial charge in [0.05, 0.1) is 0 Å². The van der Waals surface area contributed by atoms with Crippen LogP contribution in [0.3, 0.4) is 0 Å². The van der Waals surface area contributed by atoms with Crippen molar-refractivity contribution in [3.05, 3.63) is 59.7 Å². The van der Waals surface area contributed by atoms with Gasteiger partial charge < -0.3 is 15.4 Å². The van der Waals surface area contributed by atoms with Crippen LogP contribution >= 0.6 is 0 Å². The normalized spacial score (nSPS) is 14.9. The lowest BCUT2D eigenvalue weighted by atomic mass is 10.1. The minimum absolute atomic E-state index is 0.199. The maximum atomic E-state index is 5.91. The quantitative estimate of drug-likeness (QED) is 0.916. The van der Waals surface area contributed by atoms with Crippen molar-refractivity contribution < 1.29 is 4.74 Å². The van der Waals surface area contributed by atoms with Gasteiger partial charge in [0, 0.05) is 24.8 Å². The highest BCUT2D eigenvalue weighted by Crippen LogP contribution is 2.31. The van der Waals surface area contributed by atoms with Crippen molar-refractivity contribution in [1.29, 1.82) is 0 Å². The van der Waals surface area contributed by atoms with Crippen molar-refractivity contribution in [2.75, 3.05) is 18.0 Å². The molecule has 1 atom stereocenters. The summed E-state index contributed by atoms with van der Waals surface area (Å²) in [5.74, 6) is 0.945. The van der Waals surface area contributed by atoms with E-state index in [1.807, 2.05) is 18.2 Å². The van der Waals surface area contributed by atoms with Crippen LogP contribution in [0, 0.1) is 0 Å². The Kier molecular flexibility index (Phi) is 4.11. The van der Waals surface area contributed by atoms with Gasteiger partial charge in [0.25, 0.3) is 0 Å². The molecule has 0 aliphatic carbocycles. The van der Waals surface area contributed by atoms with Gasteiger partial charge in [-0.05, 0) is 42.7 Å². The molecule has 0 bridgehead atoms. The maximum absolute atomic E-state index is 5.91. The molecule has 0 amide bonds. The molecule has 1 aliphatic rings. The predicted molar refractivity (Wildman–Crippen MR) is 86.8 cm³/mol. The molecule has 21 heavy (non-hydrogen) atoms. The van der Waals surface area contributed by atoms with Gasteiger partial charge in [-0.3, -0.25) is 0 Å². The minimum Gasteiger partial charge on any atom is -0.489 e. The first-order valence-corrected chi connectivity index (χ1v) is 7.52. The lowest BCUT2D eigenvalue weighted by molar-refractivity contribution is 0.306. The van der Waals surface area contributed by atoms with Gasteiger partial charge in [-0.15, -0.1) is 0 Å². The number of nitrogens with two attached hydrogens (primary N) is 1. The average Bonchev–Trinajstić information content (AvgIpc) is 2.88. The number of anilines is 1. The van der Waals surface area contributed by atoms with Crippen LogP contribution in [-0.2, 0) is 13.0 Å². The molecule has 3 heteroatoms. The highest BCUT2D eigenvalue weighted by Gasteiger charge is 2.20. The second-order valence-corrected chi connectivity index (χ2v) is 5.74. The zero-order chi connectivity index (χ0) is 14.7.